The van der Waals surface area contributed by atoms with Gasteiger partial charge in [-0.3, -0.25) is 18.1 Å². The van der Waals surface area contributed by atoms with Gasteiger partial charge in [0.15, 0.2) is 0 Å². The molecular weight excluding hydrogens is 320 g/mol. The maximum absolute atomic E-state index is 11.5. The summed E-state index contributed by atoms with van der Waals surface area (Å²) in [7, 11) is 0. The molecule has 2 saturated heterocycles. The number of nitrogens with zero attached hydrogens (tertiary/aromatic N) is 1. The van der Waals surface area contributed by atoms with Gasteiger partial charge in [0.25, 0.3) is 0 Å². The minimum atomic E-state index is -1.87. The third-order valence-electron chi connectivity index (χ3n) is 4.17. The van der Waals surface area contributed by atoms with Crippen LogP contribution in [-0.4, -0.2) is 57.6 Å². The summed E-state index contributed by atoms with van der Waals surface area (Å²) in [6, 6.07) is 9.19. The molecule has 0 aromatic heterocycles. The first kappa shape index (κ1) is 16.5. The molecule has 1 amide bonds. The minimum Gasteiger partial charge on any atom is -0.388 e. The van der Waals surface area contributed by atoms with E-state index < -0.39 is 29.6 Å². The largest absolute Gasteiger partial charge is 0.388 e. The van der Waals surface area contributed by atoms with Crippen molar-refractivity contribution in [3.05, 3.63) is 35.9 Å². The molecule has 1 aromatic rings. The highest BCUT2D eigenvalue weighted by molar-refractivity contribution is 7.75. The zero-order chi connectivity index (χ0) is 16.4. The lowest BCUT2D eigenvalue weighted by Gasteiger charge is -2.48. The quantitative estimate of drug-likeness (QED) is 0.788. The van der Waals surface area contributed by atoms with Gasteiger partial charge in [-0.05, 0) is 5.56 Å². The summed E-state index contributed by atoms with van der Waals surface area (Å²) >= 11 is -1.87. The molecule has 126 valence electrons. The number of benzene rings is 1. The second kappa shape index (κ2) is 7.06. The van der Waals surface area contributed by atoms with Gasteiger partial charge in [-0.25, -0.2) is 0 Å². The fourth-order valence-corrected chi connectivity index (χ4v) is 3.85. The van der Waals surface area contributed by atoms with E-state index in [-0.39, 0.29) is 18.6 Å². The summed E-state index contributed by atoms with van der Waals surface area (Å²) in [6.45, 7) is 2.72. The van der Waals surface area contributed by atoms with Crippen LogP contribution < -0.4 is 5.32 Å². The van der Waals surface area contributed by atoms with Gasteiger partial charge in [0.2, 0.25) is 5.91 Å². The maximum atomic E-state index is 11.5. The molecule has 1 aromatic carbocycles. The van der Waals surface area contributed by atoms with Crippen LogP contribution in [0.15, 0.2) is 30.3 Å². The van der Waals surface area contributed by atoms with Gasteiger partial charge < -0.3 is 10.4 Å². The van der Waals surface area contributed by atoms with E-state index in [1.165, 1.54) is 6.92 Å². The Hall–Kier alpha value is -1.32. The topological polar surface area (TPSA) is 88.1 Å². The molecule has 0 bridgehead atoms. The number of aliphatic hydroxyl groups excluding tert-OH is 1. The highest BCUT2D eigenvalue weighted by Crippen LogP contribution is 2.28. The van der Waals surface area contributed by atoms with Crippen molar-refractivity contribution >= 4 is 17.3 Å². The molecule has 0 saturated carbocycles. The predicted molar refractivity (Wildman–Crippen MR) is 83.2 cm³/mol. The van der Waals surface area contributed by atoms with Gasteiger partial charge in [-0.1, -0.05) is 30.3 Å². The Morgan fingerprint density at radius 1 is 1.43 bits per heavy atom. The van der Waals surface area contributed by atoms with E-state index in [2.05, 4.69) is 10.2 Å². The third kappa shape index (κ3) is 3.78. The van der Waals surface area contributed by atoms with Gasteiger partial charge in [-0.2, -0.15) is 4.21 Å². The normalized spacial score (nSPS) is 34.6. The molecule has 2 heterocycles. The number of piperidine rings is 1. The van der Waals surface area contributed by atoms with Crippen LogP contribution in [0, 0.1) is 0 Å². The van der Waals surface area contributed by atoms with Crippen LogP contribution in [0.3, 0.4) is 0 Å². The summed E-state index contributed by atoms with van der Waals surface area (Å²) < 4.78 is 21.9. The third-order valence-corrected chi connectivity index (χ3v) is 4.88. The minimum absolute atomic E-state index is 0.215. The molecule has 0 radical (unpaired) electrons. The number of hydrogen-bond donors (Lipinski definition) is 2. The molecular formula is C15H20N2O5S. The van der Waals surface area contributed by atoms with E-state index >= 15 is 0 Å². The van der Waals surface area contributed by atoms with Gasteiger partial charge in [0, 0.05) is 20.0 Å². The molecule has 8 heteroatoms. The summed E-state index contributed by atoms with van der Waals surface area (Å²) in [5.41, 5.74) is 1.11. The smallest absolute Gasteiger partial charge is 0.305 e. The number of hydrogen-bond acceptors (Lipinski definition) is 6. The fourth-order valence-electron chi connectivity index (χ4n) is 3.12. The monoisotopic (exact) mass is 340 g/mol. The number of amides is 1. The van der Waals surface area contributed by atoms with Crippen molar-refractivity contribution in [3.63, 3.8) is 0 Å². The number of carbonyl (C=O) groups is 1. The van der Waals surface area contributed by atoms with Gasteiger partial charge in [-0.15, -0.1) is 0 Å². The average Bonchev–Trinajstić information content (AvgIpc) is 2.52. The van der Waals surface area contributed by atoms with Crippen LogP contribution in [-0.2, 0) is 31.1 Å². The Morgan fingerprint density at radius 3 is 2.87 bits per heavy atom. The van der Waals surface area contributed by atoms with E-state index in [1.807, 2.05) is 30.3 Å². The first-order valence-electron chi connectivity index (χ1n) is 7.50. The molecule has 2 unspecified atom stereocenters. The van der Waals surface area contributed by atoms with Crippen molar-refractivity contribution in [1.82, 2.24) is 10.2 Å². The Bertz CT molecular complexity index is 584. The van der Waals surface area contributed by atoms with Gasteiger partial charge in [0.1, 0.15) is 12.2 Å². The van der Waals surface area contributed by atoms with E-state index in [9.17, 15) is 14.1 Å². The second-order valence-corrected chi connectivity index (χ2v) is 6.67. The first-order chi connectivity index (χ1) is 11.0. The van der Waals surface area contributed by atoms with Crippen molar-refractivity contribution in [2.75, 3.05) is 13.2 Å². The molecule has 5 atom stereocenters. The summed E-state index contributed by atoms with van der Waals surface area (Å²) in [4.78, 5) is 13.5. The van der Waals surface area contributed by atoms with Crippen molar-refractivity contribution < 1.29 is 22.5 Å². The van der Waals surface area contributed by atoms with E-state index in [1.54, 1.807) is 0 Å². The molecule has 0 aliphatic carbocycles. The van der Waals surface area contributed by atoms with Crippen LogP contribution in [0.2, 0.25) is 0 Å². The summed E-state index contributed by atoms with van der Waals surface area (Å²) in [5, 5.41) is 13.2. The van der Waals surface area contributed by atoms with Crippen LogP contribution in [0.1, 0.15) is 12.5 Å². The number of fused-ring (bicyclic) bond motifs is 1. The number of rotatable bonds is 3. The Labute approximate surface area is 137 Å². The molecule has 2 N–H and O–H groups in total. The molecule has 2 fully saturated rings. The SMILES string of the molecule is CC(=O)N[C@H]1CN(Cc2ccccc2)[C@@H]2COS(=O)O[C@H]2C1O. The summed E-state index contributed by atoms with van der Waals surface area (Å²) in [5.74, 6) is -0.222. The van der Waals surface area contributed by atoms with E-state index in [0.29, 0.717) is 13.1 Å². The average molecular weight is 340 g/mol. The lowest BCUT2D eigenvalue weighted by Crippen LogP contribution is -2.68. The highest BCUT2D eigenvalue weighted by Gasteiger charge is 2.47. The van der Waals surface area contributed by atoms with Gasteiger partial charge >= 0.3 is 11.4 Å². The van der Waals surface area contributed by atoms with Crippen molar-refractivity contribution in [2.45, 2.75) is 37.8 Å². The lowest BCUT2D eigenvalue weighted by molar-refractivity contribution is -0.129. The van der Waals surface area contributed by atoms with Crippen LogP contribution in [0.25, 0.3) is 0 Å². The summed E-state index contributed by atoms with van der Waals surface area (Å²) in [6.07, 6.45) is -1.59. The second-order valence-electron chi connectivity index (χ2n) is 5.83. The van der Waals surface area contributed by atoms with Crippen LogP contribution >= 0.6 is 0 Å². The van der Waals surface area contributed by atoms with E-state index in [0.717, 1.165) is 5.56 Å². The van der Waals surface area contributed by atoms with Crippen molar-refractivity contribution in [3.8, 4) is 0 Å². The lowest BCUT2D eigenvalue weighted by atomic mass is 9.91. The Balaban J connectivity index is 1.81. The predicted octanol–water partition coefficient (Wildman–Crippen LogP) is -0.270. The number of likely N-dealkylation sites (tertiary alicyclic amines) is 1. The molecule has 2 aliphatic rings. The highest BCUT2D eigenvalue weighted by atomic mass is 32.2. The van der Waals surface area contributed by atoms with Gasteiger partial charge in [0.05, 0.1) is 18.7 Å². The Morgan fingerprint density at radius 2 is 2.17 bits per heavy atom. The van der Waals surface area contributed by atoms with E-state index in [4.69, 9.17) is 8.37 Å². The molecule has 7 nitrogen and oxygen atoms in total. The Kier molecular flexibility index (Phi) is 5.08. The molecule has 23 heavy (non-hydrogen) atoms. The fraction of sp³-hybridized carbons (Fsp3) is 0.533. The van der Waals surface area contributed by atoms with Crippen LogP contribution in [0.5, 0.6) is 0 Å². The number of aliphatic hydroxyl groups is 1. The molecule has 2 aliphatic heterocycles. The van der Waals surface area contributed by atoms with Crippen LogP contribution in [0.4, 0.5) is 0 Å². The first-order valence-corrected chi connectivity index (χ1v) is 8.50. The maximum Gasteiger partial charge on any atom is 0.305 e. The van der Waals surface area contributed by atoms with Crippen molar-refractivity contribution in [1.29, 1.82) is 0 Å². The van der Waals surface area contributed by atoms with Crippen molar-refractivity contribution in [2.24, 2.45) is 0 Å². The standard InChI is InChI=1S/C15H20N2O5S/c1-10(18)16-12-8-17(7-11-5-3-2-4-6-11)13-9-21-23(20)22-15(13)14(12)19/h2-6,12-15,19H,7-9H2,1H3,(H,16,18)/t12-,13+,14?,15+,23?/m0/s1. The zero-order valence-electron chi connectivity index (χ0n) is 12.8. The molecule has 0 spiro atoms. The number of nitrogens with one attached hydrogen (secondary N) is 1. The molecule has 3 rings (SSSR count). The number of carbonyl (C=O) groups excluding carboxylic acids is 1. The zero-order valence-corrected chi connectivity index (χ0v) is 13.6.